The first-order valence-electron chi connectivity index (χ1n) is 5.23. The number of esters is 1. The average Bonchev–Trinajstić information content (AvgIpc) is 2.27. The summed E-state index contributed by atoms with van der Waals surface area (Å²) in [4.78, 5) is 11.2. The normalized spacial score (nSPS) is 11.5. The molecule has 0 aromatic carbocycles. The van der Waals surface area contributed by atoms with Gasteiger partial charge in [0.25, 0.3) is 0 Å². The molecule has 1 N–H and O–H groups in total. The van der Waals surface area contributed by atoms with E-state index in [0.29, 0.717) is 0 Å². The Bertz CT molecular complexity index is 205. The predicted molar refractivity (Wildman–Crippen MR) is 66.3 cm³/mol. The molecule has 0 radical (unpaired) electrons. The van der Waals surface area contributed by atoms with E-state index in [0.717, 1.165) is 31.5 Å². The number of thioether (sulfide) groups is 1. The molecule has 0 saturated heterocycles. The van der Waals surface area contributed by atoms with E-state index in [9.17, 15) is 4.79 Å². The van der Waals surface area contributed by atoms with E-state index in [4.69, 9.17) is 0 Å². The summed E-state index contributed by atoms with van der Waals surface area (Å²) in [5.74, 6) is 0.956. The summed E-state index contributed by atoms with van der Waals surface area (Å²) in [6.07, 6.45) is 5.89. The smallest absolute Gasteiger partial charge is 0.333 e. The molecule has 0 bridgehead atoms. The number of carbonyl (C=O) groups excluding carboxylic acids is 1. The fourth-order valence-electron chi connectivity index (χ4n) is 1.14. The van der Waals surface area contributed by atoms with Gasteiger partial charge in [0, 0.05) is 12.1 Å². The number of rotatable bonds is 8. The highest BCUT2D eigenvalue weighted by Gasteiger charge is 2.05. The van der Waals surface area contributed by atoms with Crippen LogP contribution in [0.4, 0.5) is 0 Å². The molecule has 0 spiro atoms. The number of carbonyl (C=O) groups is 1. The van der Waals surface area contributed by atoms with Crippen molar-refractivity contribution in [1.29, 1.82) is 0 Å². The molecule has 0 aromatic heterocycles. The quantitative estimate of drug-likeness (QED) is 0.393. The lowest BCUT2D eigenvalue weighted by Gasteiger charge is -2.03. The fraction of sp³-hybridized carbons (Fsp3) is 0.727. The van der Waals surface area contributed by atoms with Gasteiger partial charge in [0.2, 0.25) is 0 Å². The molecule has 0 rings (SSSR count). The van der Waals surface area contributed by atoms with Crippen LogP contribution in [0.2, 0.25) is 0 Å². The third-order valence-corrected chi connectivity index (χ3v) is 2.72. The lowest BCUT2D eigenvalue weighted by molar-refractivity contribution is -0.136. The van der Waals surface area contributed by atoms with Gasteiger partial charge in [-0.2, -0.15) is 11.8 Å². The molecule has 0 aliphatic heterocycles. The first kappa shape index (κ1) is 14.5. The maximum atomic E-state index is 11.2. The van der Waals surface area contributed by atoms with Crippen molar-refractivity contribution in [3.8, 4) is 0 Å². The highest BCUT2D eigenvalue weighted by Crippen LogP contribution is 2.01. The molecule has 0 atom stereocenters. The van der Waals surface area contributed by atoms with Crippen LogP contribution < -0.4 is 5.32 Å². The molecule has 0 aliphatic rings. The zero-order chi connectivity index (χ0) is 11.5. The second-order valence-electron chi connectivity index (χ2n) is 3.12. The summed E-state index contributed by atoms with van der Waals surface area (Å²) < 4.78 is 4.66. The van der Waals surface area contributed by atoms with Crippen molar-refractivity contribution in [2.45, 2.75) is 19.8 Å². The molecule has 0 unspecified atom stereocenters. The Labute approximate surface area is 96.6 Å². The molecule has 3 nitrogen and oxygen atoms in total. The van der Waals surface area contributed by atoms with E-state index < -0.39 is 0 Å². The van der Waals surface area contributed by atoms with Crippen LogP contribution in [0, 0.1) is 0 Å². The van der Waals surface area contributed by atoms with Crippen molar-refractivity contribution < 1.29 is 9.53 Å². The summed E-state index contributed by atoms with van der Waals surface area (Å²) in [5, 5.41) is 3.27. The van der Waals surface area contributed by atoms with Gasteiger partial charge < -0.3 is 10.1 Å². The molecule has 4 heteroatoms. The van der Waals surface area contributed by atoms with Gasteiger partial charge in [-0.05, 0) is 31.4 Å². The van der Waals surface area contributed by atoms with Crippen LogP contribution in [-0.2, 0) is 9.53 Å². The minimum absolute atomic E-state index is 0.219. The van der Waals surface area contributed by atoms with Gasteiger partial charge in [0.05, 0.1) is 7.11 Å². The lowest BCUT2D eigenvalue weighted by atomic mass is 10.2. The molecule has 0 aromatic rings. The Hall–Kier alpha value is -0.480. The number of methoxy groups -OCH3 is 1. The molecular weight excluding hydrogens is 210 g/mol. The molecule has 15 heavy (non-hydrogen) atoms. The van der Waals surface area contributed by atoms with Crippen molar-refractivity contribution >= 4 is 17.7 Å². The number of nitrogens with one attached hydrogen (secondary N) is 1. The summed E-state index contributed by atoms with van der Waals surface area (Å²) in [6, 6.07) is 0. The summed E-state index contributed by atoms with van der Waals surface area (Å²) >= 11 is 1.85. The van der Waals surface area contributed by atoms with Crippen LogP contribution in [0.15, 0.2) is 11.6 Å². The van der Waals surface area contributed by atoms with Crippen LogP contribution in [0.3, 0.4) is 0 Å². The SMILES string of the molecule is CCC(=CCNCCCSC)C(=O)OC. The standard InChI is InChI=1S/C11H21NO2S/c1-4-10(11(13)14-2)6-8-12-7-5-9-15-3/h6,12H,4-5,7-9H2,1-3H3. The minimum atomic E-state index is -0.219. The summed E-state index contributed by atoms with van der Waals surface area (Å²) in [6.45, 7) is 3.69. The van der Waals surface area contributed by atoms with Gasteiger partial charge >= 0.3 is 5.97 Å². The van der Waals surface area contributed by atoms with Gasteiger partial charge in [-0.1, -0.05) is 13.0 Å². The second kappa shape index (κ2) is 10.1. The van der Waals surface area contributed by atoms with Gasteiger partial charge in [0.15, 0.2) is 0 Å². The number of hydrogen-bond acceptors (Lipinski definition) is 4. The monoisotopic (exact) mass is 231 g/mol. The third-order valence-electron chi connectivity index (χ3n) is 2.02. The Morgan fingerprint density at radius 1 is 1.53 bits per heavy atom. The average molecular weight is 231 g/mol. The molecule has 88 valence electrons. The zero-order valence-electron chi connectivity index (χ0n) is 9.84. The first-order valence-corrected chi connectivity index (χ1v) is 6.62. The van der Waals surface area contributed by atoms with Gasteiger partial charge in [-0.25, -0.2) is 4.79 Å². The number of hydrogen-bond donors (Lipinski definition) is 1. The Morgan fingerprint density at radius 3 is 2.80 bits per heavy atom. The van der Waals surface area contributed by atoms with Crippen molar-refractivity contribution in [3.05, 3.63) is 11.6 Å². The van der Waals surface area contributed by atoms with Crippen molar-refractivity contribution in [2.24, 2.45) is 0 Å². The molecule has 0 aliphatic carbocycles. The highest BCUT2D eigenvalue weighted by atomic mass is 32.2. The van der Waals surface area contributed by atoms with E-state index in [2.05, 4.69) is 16.3 Å². The number of ether oxygens (including phenoxy) is 1. The molecule has 0 heterocycles. The van der Waals surface area contributed by atoms with Gasteiger partial charge in [-0.3, -0.25) is 0 Å². The Balaban J connectivity index is 3.67. The van der Waals surface area contributed by atoms with E-state index in [1.54, 1.807) is 0 Å². The van der Waals surface area contributed by atoms with Crippen molar-refractivity contribution in [2.75, 3.05) is 32.2 Å². The molecule has 0 amide bonds. The van der Waals surface area contributed by atoms with Crippen LogP contribution in [0.25, 0.3) is 0 Å². The first-order chi connectivity index (χ1) is 7.26. The fourth-order valence-corrected chi connectivity index (χ4v) is 1.58. The van der Waals surface area contributed by atoms with Crippen molar-refractivity contribution in [3.63, 3.8) is 0 Å². The summed E-state index contributed by atoms with van der Waals surface area (Å²) in [5.41, 5.74) is 0.745. The third kappa shape index (κ3) is 7.45. The zero-order valence-corrected chi connectivity index (χ0v) is 10.7. The van der Waals surface area contributed by atoms with Gasteiger partial charge in [0.1, 0.15) is 0 Å². The van der Waals surface area contributed by atoms with Gasteiger partial charge in [-0.15, -0.1) is 0 Å². The Kier molecular flexibility index (Phi) is 9.73. The van der Waals surface area contributed by atoms with Crippen LogP contribution in [0.1, 0.15) is 19.8 Å². The Morgan fingerprint density at radius 2 is 2.27 bits per heavy atom. The van der Waals surface area contributed by atoms with Crippen molar-refractivity contribution in [1.82, 2.24) is 5.32 Å². The van der Waals surface area contributed by atoms with Crippen LogP contribution >= 0.6 is 11.8 Å². The lowest BCUT2D eigenvalue weighted by Crippen LogP contribution is -2.17. The van der Waals surface area contributed by atoms with E-state index >= 15 is 0 Å². The second-order valence-corrected chi connectivity index (χ2v) is 4.11. The summed E-state index contributed by atoms with van der Waals surface area (Å²) in [7, 11) is 1.41. The van der Waals surface area contributed by atoms with Crippen LogP contribution in [-0.4, -0.2) is 38.2 Å². The minimum Gasteiger partial charge on any atom is -0.466 e. The molecule has 0 fully saturated rings. The van der Waals surface area contributed by atoms with E-state index in [1.807, 2.05) is 24.8 Å². The topological polar surface area (TPSA) is 38.3 Å². The van der Waals surface area contributed by atoms with E-state index in [1.165, 1.54) is 12.9 Å². The van der Waals surface area contributed by atoms with Crippen LogP contribution in [0.5, 0.6) is 0 Å². The maximum Gasteiger partial charge on any atom is 0.333 e. The maximum absolute atomic E-state index is 11.2. The predicted octanol–water partition coefficient (Wildman–Crippen LogP) is 1.84. The molecule has 0 saturated carbocycles. The van der Waals surface area contributed by atoms with E-state index in [-0.39, 0.29) is 5.97 Å². The molecular formula is C11H21NO2S. The highest BCUT2D eigenvalue weighted by molar-refractivity contribution is 7.98. The largest absolute Gasteiger partial charge is 0.466 e.